The lowest BCUT2D eigenvalue weighted by Gasteiger charge is -2.31. The van der Waals surface area contributed by atoms with Gasteiger partial charge in [0.25, 0.3) is 0 Å². The van der Waals surface area contributed by atoms with E-state index in [4.69, 9.17) is 9.47 Å². The number of aromatic nitrogens is 4. The molecule has 0 aliphatic carbocycles. The second kappa shape index (κ2) is 6.21. The van der Waals surface area contributed by atoms with Crippen LogP contribution >= 0.6 is 11.5 Å². The maximum absolute atomic E-state index is 5.85. The molecule has 2 aromatic heterocycles. The van der Waals surface area contributed by atoms with Gasteiger partial charge in [0, 0.05) is 18.1 Å². The molecule has 8 heteroatoms. The first kappa shape index (κ1) is 14.0. The highest BCUT2D eigenvalue weighted by Gasteiger charge is 2.24. The third kappa shape index (κ3) is 3.38. The fraction of sp³-hybridized carbons (Fsp3) is 0.538. The molecule has 3 heterocycles. The van der Waals surface area contributed by atoms with Crippen LogP contribution in [-0.2, 0) is 0 Å². The van der Waals surface area contributed by atoms with Gasteiger partial charge in [0.1, 0.15) is 11.9 Å². The van der Waals surface area contributed by atoms with Gasteiger partial charge in [0.2, 0.25) is 5.13 Å². The summed E-state index contributed by atoms with van der Waals surface area (Å²) in [5.41, 5.74) is 0. The van der Waals surface area contributed by atoms with Crippen LogP contribution in [0.1, 0.15) is 18.7 Å². The molecule has 0 radical (unpaired) electrons. The quantitative estimate of drug-likeness (QED) is 0.851. The average molecular weight is 307 g/mol. The summed E-state index contributed by atoms with van der Waals surface area (Å²) in [7, 11) is 1.59. The van der Waals surface area contributed by atoms with Crippen molar-refractivity contribution >= 4 is 16.7 Å². The smallest absolute Gasteiger partial charge is 0.316 e. The zero-order valence-electron chi connectivity index (χ0n) is 12.0. The van der Waals surface area contributed by atoms with E-state index < -0.39 is 0 Å². The molecule has 1 saturated heterocycles. The highest BCUT2D eigenvalue weighted by molar-refractivity contribution is 7.09. The van der Waals surface area contributed by atoms with Crippen molar-refractivity contribution in [1.82, 2.24) is 19.3 Å². The van der Waals surface area contributed by atoms with Gasteiger partial charge in [-0.2, -0.15) is 14.3 Å². The summed E-state index contributed by atoms with van der Waals surface area (Å²) in [6.45, 7) is 3.67. The predicted molar refractivity (Wildman–Crippen MR) is 79.1 cm³/mol. The number of rotatable bonds is 4. The van der Waals surface area contributed by atoms with Crippen molar-refractivity contribution in [2.75, 3.05) is 25.1 Å². The zero-order chi connectivity index (χ0) is 14.7. The van der Waals surface area contributed by atoms with E-state index in [2.05, 4.69) is 24.2 Å². The van der Waals surface area contributed by atoms with E-state index in [-0.39, 0.29) is 6.10 Å². The summed E-state index contributed by atoms with van der Waals surface area (Å²) >= 11 is 1.43. The average Bonchev–Trinajstić information content (AvgIpc) is 2.95. The highest BCUT2D eigenvalue weighted by Crippen LogP contribution is 2.23. The summed E-state index contributed by atoms with van der Waals surface area (Å²) < 4.78 is 15.1. The van der Waals surface area contributed by atoms with E-state index in [0.29, 0.717) is 11.8 Å². The minimum atomic E-state index is 0.0661. The molecule has 2 aromatic rings. The van der Waals surface area contributed by atoms with Crippen LogP contribution in [0.5, 0.6) is 11.8 Å². The van der Waals surface area contributed by atoms with E-state index in [9.17, 15) is 0 Å². The van der Waals surface area contributed by atoms with Gasteiger partial charge in [0.05, 0.1) is 26.0 Å². The van der Waals surface area contributed by atoms with Crippen LogP contribution in [0.3, 0.4) is 0 Å². The Morgan fingerprint density at radius 3 is 2.81 bits per heavy atom. The Morgan fingerprint density at radius 1 is 1.33 bits per heavy atom. The minimum absolute atomic E-state index is 0.0661. The number of anilines is 1. The number of methoxy groups -OCH3 is 1. The number of nitrogens with zero attached hydrogens (tertiary/aromatic N) is 5. The predicted octanol–water partition coefficient (Wildman–Crippen LogP) is 1.69. The number of ether oxygens (including phenoxy) is 2. The standard InChI is InChI=1S/C13H17N5O2S/c1-9-16-13(21-17-9)18-5-3-4-10(8-18)20-12-14-6-11(19-2)7-15-12/h6-7,10H,3-5,8H2,1-2H3. The molecule has 1 aliphatic rings. The molecule has 1 aliphatic heterocycles. The molecular weight excluding hydrogens is 290 g/mol. The second-order valence-corrected chi connectivity index (χ2v) is 5.59. The fourth-order valence-corrected chi connectivity index (χ4v) is 2.95. The Labute approximate surface area is 127 Å². The van der Waals surface area contributed by atoms with E-state index in [1.54, 1.807) is 19.5 Å². The van der Waals surface area contributed by atoms with Crippen molar-refractivity contribution in [2.24, 2.45) is 0 Å². The molecule has 7 nitrogen and oxygen atoms in total. The van der Waals surface area contributed by atoms with E-state index >= 15 is 0 Å². The van der Waals surface area contributed by atoms with Crippen LogP contribution in [0.25, 0.3) is 0 Å². The van der Waals surface area contributed by atoms with E-state index in [0.717, 1.165) is 36.9 Å². The van der Waals surface area contributed by atoms with Gasteiger partial charge in [-0.25, -0.2) is 4.98 Å². The van der Waals surface area contributed by atoms with Crippen molar-refractivity contribution in [2.45, 2.75) is 25.9 Å². The van der Waals surface area contributed by atoms with Gasteiger partial charge < -0.3 is 14.4 Å². The molecule has 3 rings (SSSR count). The van der Waals surface area contributed by atoms with Gasteiger partial charge >= 0.3 is 6.01 Å². The van der Waals surface area contributed by atoms with Crippen LogP contribution in [0.15, 0.2) is 12.4 Å². The van der Waals surface area contributed by atoms with Crippen LogP contribution in [0, 0.1) is 6.92 Å². The molecule has 112 valence electrons. The molecule has 0 saturated carbocycles. The third-order valence-electron chi connectivity index (χ3n) is 3.28. The Bertz CT molecular complexity index is 589. The largest absolute Gasteiger partial charge is 0.494 e. The maximum Gasteiger partial charge on any atom is 0.316 e. The molecule has 1 unspecified atom stereocenters. The van der Waals surface area contributed by atoms with E-state index in [1.807, 2.05) is 6.92 Å². The van der Waals surface area contributed by atoms with Crippen LogP contribution in [-0.4, -0.2) is 45.6 Å². The van der Waals surface area contributed by atoms with Gasteiger partial charge in [-0.05, 0) is 19.8 Å². The summed E-state index contributed by atoms with van der Waals surface area (Å²) in [6.07, 6.45) is 5.33. The molecule has 0 aromatic carbocycles. The molecule has 21 heavy (non-hydrogen) atoms. The number of aryl methyl sites for hydroxylation is 1. The summed E-state index contributed by atoms with van der Waals surface area (Å²) in [5, 5.41) is 0.955. The van der Waals surface area contributed by atoms with Crippen LogP contribution in [0.4, 0.5) is 5.13 Å². The summed E-state index contributed by atoms with van der Waals surface area (Å²) in [5.74, 6) is 1.44. The monoisotopic (exact) mass is 307 g/mol. The van der Waals surface area contributed by atoms with E-state index in [1.165, 1.54) is 11.5 Å². The van der Waals surface area contributed by atoms with Gasteiger partial charge in [-0.1, -0.05) is 0 Å². The number of piperidine rings is 1. The second-order valence-electron chi connectivity index (χ2n) is 4.86. The summed E-state index contributed by atoms with van der Waals surface area (Å²) in [4.78, 5) is 14.9. The number of hydrogen-bond donors (Lipinski definition) is 0. The molecule has 1 fully saturated rings. The third-order valence-corrected chi connectivity index (χ3v) is 4.15. The number of hydrogen-bond acceptors (Lipinski definition) is 8. The van der Waals surface area contributed by atoms with Crippen LogP contribution < -0.4 is 14.4 Å². The van der Waals surface area contributed by atoms with Gasteiger partial charge in [-0.15, -0.1) is 0 Å². The molecule has 0 spiro atoms. The first-order valence-electron chi connectivity index (χ1n) is 6.82. The molecule has 0 amide bonds. The maximum atomic E-state index is 5.85. The lowest BCUT2D eigenvalue weighted by molar-refractivity contribution is 0.164. The topological polar surface area (TPSA) is 73.3 Å². The first-order valence-corrected chi connectivity index (χ1v) is 7.60. The van der Waals surface area contributed by atoms with Gasteiger partial charge in [0.15, 0.2) is 5.75 Å². The Morgan fingerprint density at radius 2 is 2.14 bits per heavy atom. The van der Waals surface area contributed by atoms with Crippen molar-refractivity contribution < 1.29 is 9.47 Å². The zero-order valence-corrected chi connectivity index (χ0v) is 12.8. The Hall–Kier alpha value is -1.96. The fourth-order valence-electron chi connectivity index (χ4n) is 2.24. The lowest BCUT2D eigenvalue weighted by Crippen LogP contribution is -2.41. The minimum Gasteiger partial charge on any atom is -0.494 e. The van der Waals surface area contributed by atoms with Crippen LogP contribution in [0.2, 0.25) is 0 Å². The molecule has 0 N–H and O–H groups in total. The normalized spacial score (nSPS) is 18.6. The molecule has 1 atom stereocenters. The van der Waals surface area contributed by atoms with Crippen molar-refractivity contribution in [1.29, 1.82) is 0 Å². The van der Waals surface area contributed by atoms with Gasteiger partial charge in [-0.3, -0.25) is 0 Å². The van der Waals surface area contributed by atoms with Crippen molar-refractivity contribution in [3.8, 4) is 11.8 Å². The SMILES string of the molecule is COc1cnc(OC2CCCN(c3nc(C)ns3)C2)nc1. The highest BCUT2D eigenvalue weighted by atomic mass is 32.1. The molecule has 0 bridgehead atoms. The first-order chi connectivity index (χ1) is 10.2. The Kier molecular flexibility index (Phi) is 4.14. The molecular formula is C13H17N5O2S. The Balaban J connectivity index is 1.62. The van der Waals surface area contributed by atoms with Crippen molar-refractivity contribution in [3.05, 3.63) is 18.2 Å². The summed E-state index contributed by atoms with van der Waals surface area (Å²) in [6, 6.07) is 0.385. The van der Waals surface area contributed by atoms with Crippen molar-refractivity contribution in [3.63, 3.8) is 0 Å². The lowest BCUT2D eigenvalue weighted by atomic mass is 10.1.